The summed E-state index contributed by atoms with van der Waals surface area (Å²) in [5.74, 6) is 0.414. The number of pyridine rings is 1. The number of aromatic nitrogens is 1. The van der Waals surface area contributed by atoms with E-state index in [1.54, 1.807) is 39.1 Å². The van der Waals surface area contributed by atoms with Crippen molar-refractivity contribution in [1.82, 2.24) is 10.3 Å². The second kappa shape index (κ2) is 9.61. The topological polar surface area (TPSA) is 86.8 Å². The molecule has 30 heavy (non-hydrogen) atoms. The fraction of sp³-hybridized carbons (Fsp3) is 0.435. The van der Waals surface area contributed by atoms with Crippen molar-refractivity contribution >= 4 is 12.1 Å². The number of benzene rings is 1. The summed E-state index contributed by atoms with van der Waals surface area (Å²) >= 11 is 0. The first-order valence-corrected chi connectivity index (χ1v) is 9.80. The summed E-state index contributed by atoms with van der Waals surface area (Å²) in [7, 11) is 0. The Kier molecular flexibility index (Phi) is 7.43. The number of hydrogen-bond donors (Lipinski definition) is 1. The summed E-state index contributed by atoms with van der Waals surface area (Å²) in [5, 5.41) is 2.61. The normalized spacial score (nSPS) is 12.6. The Morgan fingerprint density at radius 1 is 0.967 bits per heavy atom. The summed E-state index contributed by atoms with van der Waals surface area (Å²) in [6, 6.07) is 9.70. The number of hydrogen-bond acceptors (Lipinski definition) is 6. The van der Waals surface area contributed by atoms with Crippen LogP contribution in [0.5, 0.6) is 11.5 Å². The molecule has 0 aliphatic carbocycles. The van der Waals surface area contributed by atoms with Crippen molar-refractivity contribution < 1.29 is 23.8 Å². The van der Waals surface area contributed by atoms with Crippen LogP contribution in [0.4, 0.5) is 4.79 Å². The van der Waals surface area contributed by atoms with E-state index in [0.717, 1.165) is 11.3 Å². The summed E-state index contributed by atoms with van der Waals surface area (Å²) in [6.07, 6.45) is 2.55. The highest BCUT2D eigenvalue weighted by molar-refractivity contribution is 5.83. The van der Waals surface area contributed by atoms with Gasteiger partial charge in [-0.25, -0.2) is 9.59 Å². The second-order valence-corrected chi connectivity index (χ2v) is 8.87. The van der Waals surface area contributed by atoms with Crippen molar-refractivity contribution in [2.24, 2.45) is 0 Å². The Bertz CT molecular complexity index is 837. The average Bonchev–Trinajstić information content (AvgIpc) is 2.61. The SMILES string of the molecule is CC(C)(C)OC(=O)NC(Cc1ccc(OC(C)(C)C)cc1)C(=O)Oc1cccnc1. The van der Waals surface area contributed by atoms with Crippen LogP contribution in [-0.4, -0.2) is 34.3 Å². The van der Waals surface area contributed by atoms with Gasteiger partial charge >= 0.3 is 12.1 Å². The minimum atomic E-state index is -0.936. The molecule has 1 amide bonds. The first kappa shape index (κ1) is 23.2. The molecule has 0 radical (unpaired) electrons. The summed E-state index contributed by atoms with van der Waals surface area (Å²) in [6.45, 7) is 11.2. The first-order valence-electron chi connectivity index (χ1n) is 9.80. The lowest BCUT2D eigenvalue weighted by Crippen LogP contribution is -2.46. The quantitative estimate of drug-likeness (QED) is 0.709. The van der Waals surface area contributed by atoms with E-state index in [2.05, 4.69) is 10.3 Å². The van der Waals surface area contributed by atoms with E-state index >= 15 is 0 Å². The first-order chi connectivity index (χ1) is 13.9. The van der Waals surface area contributed by atoms with Crippen LogP contribution < -0.4 is 14.8 Å². The smallest absolute Gasteiger partial charge is 0.408 e. The molecule has 7 nitrogen and oxygen atoms in total. The molecular weight excluding hydrogens is 384 g/mol. The second-order valence-electron chi connectivity index (χ2n) is 8.87. The molecular formula is C23H30N2O5. The molecule has 0 fully saturated rings. The number of alkyl carbamates (subject to hydrolysis) is 1. The van der Waals surface area contributed by atoms with Gasteiger partial charge in [-0.05, 0) is 71.4 Å². The lowest BCUT2D eigenvalue weighted by atomic mass is 10.1. The third kappa shape index (κ3) is 8.51. The Balaban J connectivity index is 2.13. The number of nitrogens with one attached hydrogen (secondary N) is 1. The van der Waals surface area contributed by atoms with Crippen LogP contribution in [-0.2, 0) is 16.0 Å². The van der Waals surface area contributed by atoms with Gasteiger partial charge in [0.2, 0.25) is 0 Å². The largest absolute Gasteiger partial charge is 0.488 e. The van der Waals surface area contributed by atoms with Crippen molar-refractivity contribution in [3.05, 3.63) is 54.4 Å². The van der Waals surface area contributed by atoms with Gasteiger partial charge in [-0.15, -0.1) is 0 Å². The van der Waals surface area contributed by atoms with Crippen molar-refractivity contribution in [2.45, 2.75) is 65.2 Å². The van der Waals surface area contributed by atoms with Crippen LogP contribution >= 0.6 is 0 Å². The number of amides is 1. The lowest BCUT2D eigenvalue weighted by molar-refractivity contribution is -0.136. The van der Waals surface area contributed by atoms with Crippen molar-refractivity contribution in [3.63, 3.8) is 0 Å². The number of rotatable bonds is 6. The van der Waals surface area contributed by atoms with E-state index in [-0.39, 0.29) is 12.0 Å². The lowest BCUT2D eigenvalue weighted by Gasteiger charge is -2.23. The molecule has 1 aromatic heterocycles. The number of carbonyl (C=O) groups excluding carboxylic acids is 2. The van der Waals surface area contributed by atoms with Gasteiger partial charge in [-0.1, -0.05) is 12.1 Å². The Morgan fingerprint density at radius 3 is 2.17 bits per heavy atom. The number of carbonyl (C=O) groups is 2. The van der Waals surface area contributed by atoms with Gasteiger partial charge < -0.3 is 19.5 Å². The fourth-order valence-electron chi connectivity index (χ4n) is 2.52. The maximum atomic E-state index is 12.7. The zero-order valence-electron chi connectivity index (χ0n) is 18.4. The van der Waals surface area contributed by atoms with Gasteiger partial charge in [-0.2, -0.15) is 0 Å². The molecule has 1 N–H and O–H groups in total. The predicted octanol–water partition coefficient (Wildman–Crippen LogP) is 4.30. The fourth-order valence-corrected chi connectivity index (χ4v) is 2.52. The zero-order valence-corrected chi connectivity index (χ0v) is 18.4. The highest BCUT2D eigenvalue weighted by Crippen LogP contribution is 2.19. The Morgan fingerprint density at radius 2 is 1.63 bits per heavy atom. The van der Waals surface area contributed by atoms with Crippen LogP contribution in [0.2, 0.25) is 0 Å². The van der Waals surface area contributed by atoms with E-state index in [1.807, 2.05) is 45.0 Å². The highest BCUT2D eigenvalue weighted by atomic mass is 16.6. The Hall–Kier alpha value is -3.09. The molecule has 2 rings (SSSR count). The molecule has 7 heteroatoms. The molecule has 0 bridgehead atoms. The average molecular weight is 415 g/mol. The summed E-state index contributed by atoms with van der Waals surface area (Å²) in [5.41, 5.74) is -0.163. The molecule has 0 spiro atoms. The monoisotopic (exact) mass is 414 g/mol. The zero-order chi connectivity index (χ0) is 22.4. The van der Waals surface area contributed by atoms with E-state index in [9.17, 15) is 9.59 Å². The molecule has 1 aromatic carbocycles. The maximum absolute atomic E-state index is 12.7. The van der Waals surface area contributed by atoms with Gasteiger partial charge in [0.05, 0.1) is 6.20 Å². The molecule has 1 atom stereocenters. The predicted molar refractivity (Wildman–Crippen MR) is 114 cm³/mol. The summed E-state index contributed by atoms with van der Waals surface area (Å²) in [4.78, 5) is 28.9. The molecule has 2 aromatic rings. The van der Waals surface area contributed by atoms with Crippen LogP contribution in [0.15, 0.2) is 48.8 Å². The standard InChI is InChI=1S/C23H30N2O5/c1-22(2,3)29-17-11-9-16(10-12-17)14-19(25-21(27)30-23(4,5)6)20(26)28-18-8-7-13-24-15-18/h7-13,15,19H,14H2,1-6H3,(H,25,27). The van der Waals surface area contributed by atoms with Crippen molar-refractivity contribution in [2.75, 3.05) is 0 Å². The minimum Gasteiger partial charge on any atom is -0.488 e. The van der Waals surface area contributed by atoms with Gasteiger partial charge in [0.15, 0.2) is 0 Å². The molecule has 0 aliphatic heterocycles. The molecule has 0 saturated carbocycles. The van der Waals surface area contributed by atoms with E-state index in [4.69, 9.17) is 14.2 Å². The molecule has 0 saturated heterocycles. The highest BCUT2D eigenvalue weighted by Gasteiger charge is 2.26. The van der Waals surface area contributed by atoms with E-state index < -0.39 is 23.7 Å². The molecule has 1 heterocycles. The van der Waals surface area contributed by atoms with Crippen LogP contribution in [0, 0.1) is 0 Å². The molecule has 0 aliphatic rings. The van der Waals surface area contributed by atoms with Gasteiger partial charge in [0.25, 0.3) is 0 Å². The Labute approximate surface area is 177 Å². The molecule has 162 valence electrons. The van der Waals surface area contributed by atoms with Gasteiger partial charge in [0, 0.05) is 12.6 Å². The number of nitrogens with zero attached hydrogens (tertiary/aromatic N) is 1. The van der Waals surface area contributed by atoms with Gasteiger partial charge in [-0.3, -0.25) is 4.98 Å². The maximum Gasteiger partial charge on any atom is 0.408 e. The van der Waals surface area contributed by atoms with E-state index in [1.165, 1.54) is 6.20 Å². The van der Waals surface area contributed by atoms with Crippen molar-refractivity contribution in [3.8, 4) is 11.5 Å². The van der Waals surface area contributed by atoms with Gasteiger partial charge in [0.1, 0.15) is 28.7 Å². The third-order valence-electron chi connectivity index (χ3n) is 3.62. The number of ether oxygens (including phenoxy) is 3. The van der Waals surface area contributed by atoms with Crippen molar-refractivity contribution in [1.29, 1.82) is 0 Å². The minimum absolute atomic E-state index is 0.230. The van der Waals surface area contributed by atoms with Crippen LogP contribution in [0.1, 0.15) is 47.1 Å². The molecule has 1 unspecified atom stereocenters. The van der Waals surface area contributed by atoms with Crippen LogP contribution in [0.3, 0.4) is 0 Å². The van der Waals surface area contributed by atoms with Crippen LogP contribution in [0.25, 0.3) is 0 Å². The number of esters is 1. The van der Waals surface area contributed by atoms with E-state index in [0.29, 0.717) is 5.75 Å². The third-order valence-corrected chi connectivity index (χ3v) is 3.62. The summed E-state index contributed by atoms with van der Waals surface area (Å²) < 4.78 is 16.5.